The zero-order valence-corrected chi connectivity index (χ0v) is 16.0. The number of hydrogen-bond acceptors (Lipinski definition) is 5. The Kier molecular flexibility index (Phi) is 15.3. The van der Waals surface area contributed by atoms with E-state index in [9.17, 15) is 25.0 Å². The summed E-state index contributed by atoms with van der Waals surface area (Å²) in [7, 11) is 0. The zero-order valence-electron chi connectivity index (χ0n) is 16.0. The molecule has 0 fully saturated rings. The molecule has 0 aromatic rings. The topological polar surface area (TPSA) is 103 Å². The van der Waals surface area contributed by atoms with Crippen LogP contribution in [0, 0.1) is 20.2 Å². The Bertz CT molecular complexity index is 577. The van der Waals surface area contributed by atoms with Gasteiger partial charge in [-0.05, 0) is 44.3 Å². The molecule has 7 nitrogen and oxygen atoms in total. The largest absolute Gasteiger partial charge is 0.303 e. The average Bonchev–Trinajstić information content (AvgIpc) is 2.63. The van der Waals surface area contributed by atoms with Crippen molar-refractivity contribution in [1.82, 2.24) is 0 Å². The third-order valence-corrected chi connectivity index (χ3v) is 3.91. The molecule has 0 heterocycles. The number of carbonyl (C=O) groups is 1. The summed E-state index contributed by atoms with van der Waals surface area (Å²) in [6.45, 7) is 1.72. The molecule has 0 aromatic carbocycles. The van der Waals surface area contributed by atoms with Crippen molar-refractivity contribution >= 4 is 6.29 Å². The highest BCUT2D eigenvalue weighted by molar-refractivity contribution is 5.48. The van der Waals surface area contributed by atoms with Crippen LogP contribution < -0.4 is 0 Å². The minimum atomic E-state index is -0.409. The van der Waals surface area contributed by atoms with E-state index < -0.39 is 9.85 Å². The monoisotopic (exact) mass is 378 g/mol. The molecule has 0 aliphatic rings. The van der Waals surface area contributed by atoms with Crippen molar-refractivity contribution in [2.45, 2.75) is 71.1 Å². The second kappa shape index (κ2) is 16.9. The van der Waals surface area contributed by atoms with Crippen molar-refractivity contribution < 1.29 is 14.6 Å². The number of allylic oxidation sites excluding steroid dienone is 7. The van der Waals surface area contributed by atoms with Crippen molar-refractivity contribution in [3.63, 3.8) is 0 Å². The van der Waals surface area contributed by atoms with E-state index in [0.29, 0.717) is 25.7 Å². The summed E-state index contributed by atoms with van der Waals surface area (Å²) in [4.78, 5) is 31.1. The van der Waals surface area contributed by atoms with Gasteiger partial charge in [-0.1, -0.05) is 44.1 Å². The summed E-state index contributed by atoms with van der Waals surface area (Å²) in [6, 6.07) is 0. The van der Waals surface area contributed by atoms with E-state index in [0.717, 1.165) is 38.4 Å². The minimum absolute atomic E-state index is 0.124. The lowest BCUT2D eigenvalue weighted by atomic mass is 10.1. The lowest BCUT2D eigenvalue weighted by Gasteiger charge is -1.96. The number of aldehydes is 1. The van der Waals surface area contributed by atoms with E-state index in [1.165, 1.54) is 6.08 Å². The Labute approximate surface area is 160 Å². The molecule has 0 atom stereocenters. The van der Waals surface area contributed by atoms with Gasteiger partial charge in [0.2, 0.25) is 11.4 Å². The van der Waals surface area contributed by atoms with Crippen LogP contribution in [0.4, 0.5) is 0 Å². The molecule has 0 aliphatic carbocycles. The van der Waals surface area contributed by atoms with Crippen LogP contribution in [-0.4, -0.2) is 16.1 Å². The standard InChI is InChI=1S/C20H30N2O5/c1-2-19(21(24)25)15-12-10-13-17-20(22(26)27)16-11-8-6-4-3-5-7-9-14-18-23/h6,8,10,13,15-16,18H,2-5,7,9,11-12,14,17H2,1H3/b8-6-,13-10-,19-15+,20-16+. The Morgan fingerprint density at radius 1 is 0.778 bits per heavy atom. The predicted octanol–water partition coefficient (Wildman–Crippen LogP) is 5.54. The molecule has 0 spiro atoms. The molecule has 0 aliphatic heterocycles. The second-order valence-electron chi connectivity index (χ2n) is 6.04. The molecule has 0 aromatic heterocycles. The molecular formula is C20H30N2O5. The Morgan fingerprint density at radius 2 is 1.33 bits per heavy atom. The van der Waals surface area contributed by atoms with Crippen LogP contribution in [0.2, 0.25) is 0 Å². The van der Waals surface area contributed by atoms with Gasteiger partial charge in [0.15, 0.2) is 0 Å². The van der Waals surface area contributed by atoms with Crippen LogP contribution in [0.1, 0.15) is 71.1 Å². The maximum absolute atomic E-state index is 11.1. The highest BCUT2D eigenvalue weighted by Crippen LogP contribution is 2.09. The van der Waals surface area contributed by atoms with Gasteiger partial charge < -0.3 is 4.79 Å². The summed E-state index contributed by atoms with van der Waals surface area (Å²) >= 11 is 0. The SMILES string of the molecule is CC/C(=C\C/C=C\C/C(=C\C/C=C\CCCCCCC=O)[N+](=O)[O-])[N+](=O)[O-]. The smallest absolute Gasteiger partial charge is 0.246 e. The maximum Gasteiger partial charge on any atom is 0.246 e. The van der Waals surface area contributed by atoms with Crippen molar-refractivity contribution in [3.8, 4) is 0 Å². The number of carbonyl (C=O) groups excluding carboxylic acids is 1. The molecule has 0 radical (unpaired) electrons. The number of unbranched alkanes of at least 4 members (excludes halogenated alkanes) is 5. The number of nitrogens with zero attached hydrogens (tertiary/aromatic N) is 2. The molecule has 0 unspecified atom stereocenters. The lowest BCUT2D eigenvalue weighted by molar-refractivity contribution is -0.427. The molecular weight excluding hydrogens is 348 g/mol. The summed E-state index contributed by atoms with van der Waals surface area (Å²) in [5, 5.41) is 21.7. The maximum atomic E-state index is 11.1. The van der Waals surface area contributed by atoms with Gasteiger partial charge in [0.25, 0.3) is 0 Å². The summed E-state index contributed by atoms with van der Waals surface area (Å²) in [6.07, 6.45) is 18.5. The number of nitro groups is 2. The van der Waals surface area contributed by atoms with Gasteiger partial charge >= 0.3 is 0 Å². The third-order valence-electron chi connectivity index (χ3n) is 3.91. The van der Waals surface area contributed by atoms with E-state index in [4.69, 9.17) is 0 Å². The second-order valence-corrected chi connectivity index (χ2v) is 6.04. The van der Waals surface area contributed by atoms with E-state index in [1.807, 2.05) is 12.2 Å². The lowest BCUT2D eigenvalue weighted by Crippen LogP contribution is -1.97. The zero-order chi connectivity index (χ0) is 20.3. The quantitative estimate of drug-likeness (QED) is 0.115. The van der Waals surface area contributed by atoms with Gasteiger partial charge in [-0.15, -0.1) is 0 Å². The van der Waals surface area contributed by atoms with Crippen molar-refractivity contribution in [1.29, 1.82) is 0 Å². The van der Waals surface area contributed by atoms with E-state index >= 15 is 0 Å². The van der Waals surface area contributed by atoms with Crippen LogP contribution in [0.3, 0.4) is 0 Å². The van der Waals surface area contributed by atoms with Crippen LogP contribution in [0.15, 0.2) is 47.9 Å². The fourth-order valence-corrected chi connectivity index (χ4v) is 2.35. The predicted molar refractivity (Wildman–Crippen MR) is 106 cm³/mol. The van der Waals surface area contributed by atoms with Gasteiger partial charge in [-0.2, -0.15) is 0 Å². The fourth-order valence-electron chi connectivity index (χ4n) is 2.35. The van der Waals surface area contributed by atoms with Gasteiger partial charge in [-0.25, -0.2) is 0 Å². The highest BCUT2D eigenvalue weighted by atomic mass is 16.6. The van der Waals surface area contributed by atoms with Crippen molar-refractivity contribution in [2.24, 2.45) is 0 Å². The number of hydrogen-bond donors (Lipinski definition) is 0. The van der Waals surface area contributed by atoms with E-state index in [1.54, 1.807) is 25.2 Å². The Hall–Kier alpha value is -2.57. The normalized spacial score (nSPS) is 12.8. The Balaban J connectivity index is 4.19. The van der Waals surface area contributed by atoms with Gasteiger partial charge in [0.1, 0.15) is 6.29 Å². The summed E-state index contributed by atoms with van der Waals surface area (Å²) in [5.41, 5.74) is 0.275. The van der Waals surface area contributed by atoms with E-state index in [2.05, 4.69) is 0 Å². The Morgan fingerprint density at radius 3 is 1.89 bits per heavy atom. The molecule has 0 amide bonds. The van der Waals surface area contributed by atoms with Crippen LogP contribution in [0.25, 0.3) is 0 Å². The van der Waals surface area contributed by atoms with Gasteiger partial charge in [0.05, 0.1) is 16.3 Å². The van der Waals surface area contributed by atoms with Crippen LogP contribution in [0.5, 0.6) is 0 Å². The number of rotatable bonds is 16. The molecule has 0 bridgehead atoms. The molecule has 0 saturated carbocycles. The van der Waals surface area contributed by atoms with Crippen LogP contribution in [-0.2, 0) is 4.79 Å². The first kappa shape index (κ1) is 24.4. The molecule has 0 N–H and O–H groups in total. The first-order valence-corrected chi connectivity index (χ1v) is 9.43. The van der Waals surface area contributed by atoms with Gasteiger partial charge in [-0.3, -0.25) is 20.2 Å². The minimum Gasteiger partial charge on any atom is -0.303 e. The summed E-state index contributed by atoms with van der Waals surface area (Å²) in [5.74, 6) is 0. The fraction of sp³-hybridized carbons (Fsp3) is 0.550. The molecule has 0 rings (SSSR count). The summed E-state index contributed by atoms with van der Waals surface area (Å²) < 4.78 is 0. The molecule has 150 valence electrons. The van der Waals surface area contributed by atoms with Gasteiger partial charge in [0, 0.05) is 12.8 Å². The first-order chi connectivity index (χ1) is 13.0. The van der Waals surface area contributed by atoms with Crippen molar-refractivity contribution in [2.75, 3.05) is 0 Å². The van der Waals surface area contributed by atoms with Crippen LogP contribution >= 0.6 is 0 Å². The molecule has 0 saturated heterocycles. The average molecular weight is 378 g/mol. The van der Waals surface area contributed by atoms with E-state index in [-0.39, 0.29) is 17.8 Å². The highest BCUT2D eigenvalue weighted by Gasteiger charge is 2.07. The molecule has 27 heavy (non-hydrogen) atoms. The van der Waals surface area contributed by atoms with Crippen molar-refractivity contribution in [3.05, 3.63) is 68.1 Å². The molecule has 7 heteroatoms. The first-order valence-electron chi connectivity index (χ1n) is 9.43. The third kappa shape index (κ3) is 14.3.